The van der Waals surface area contributed by atoms with E-state index in [0.717, 1.165) is 0 Å². The van der Waals surface area contributed by atoms with E-state index in [1.54, 1.807) is 24.3 Å². The number of carbonyl (C=O) groups excluding carboxylic acids is 1. The monoisotopic (exact) mass is 415 g/mol. The summed E-state index contributed by atoms with van der Waals surface area (Å²) >= 11 is 11.7. The Bertz CT molecular complexity index is 972. The van der Waals surface area contributed by atoms with Crippen molar-refractivity contribution in [2.75, 3.05) is 5.32 Å². The molecule has 0 atom stereocenters. The summed E-state index contributed by atoms with van der Waals surface area (Å²) in [6, 6.07) is 10.9. The Labute approximate surface area is 161 Å². The maximum atomic E-state index is 12.5. The molecule has 0 aliphatic carbocycles. The predicted octanol–water partition coefficient (Wildman–Crippen LogP) is 5.24. The zero-order valence-corrected chi connectivity index (χ0v) is 14.9. The number of hydrogen-bond donors (Lipinski definition) is 1. The van der Waals surface area contributed by atoms with Crippen molar-refractivity contribution in [3.63, 3.8) is 0 Å². The van der Waals surface area contributed by atoms with Crippen LogP contribution in [0.4, 0.5) is 18.9 Å². The molecule has 5 nitrogen and oxygen atoms in total. The molecule has 0 unspecified atom stereocenters. The molecule has 0 aliphatic rings. The smallest absolute Gasteiger partial charge is 0.329 e. The lowest BCUT2D eigenvalue weighted by molar-refractivity contribution is -0.159. The Morgan fingerprint density at radius 1 is 1.07 bits per heavy atom. The number of halogens is 5. The molecule has 140 valence electrons. The number of hydrogen-bond acceptors (Lipinski definition) is 4. The van der Waals surface area contributed by atoms with Crippen LogP contribution in [0.15, 0.2) is 47.0 Å². The molecule has 1 aromatic heterocycles. The number of anilines is 1. The van der Waals surface area contributed by atoms with Crippen molar-refractivity contribution in [3.05, 3.63) is 75.4 Å². The van der Waals surface area contributed by atoms with Crippen molar-refractivity contribution in [2.24, 2.45) is 0 Å². The van der Waals surface area contributed by atoms with Crippen molar-refractivity contribution >= 4 is 34.8 Å². The van der Waals surface area contributed by atoms with Crippen LogP contribution in [0.1, 0.15) is 27.6 Å². The number of nitrogens with zero attached hydrogens (tertiary/aromatic N) is 2. The third-order valence-electron chi connectivity index (χ3n) is 3.47. The summed E-state index contributed by atoms with van der Waals surface area (Å²) in [5.41, 5.74) is 1.45. The molecule has 1 amide bonds. The van der Waals surface area contributed by atoms with Crippen LogP contribution in [0.5, 0.6) is 0 Å². The summed E-state index contributed by atoms with van der Waals surface area (Å²) in [6.07, 6.45) is -4.65. The van der Waals surface area contributed by atoms with Gasteiger partial charge in [-0.25, -0.2) is 0 Å². The second kappa shape index (κ2) is 7.58. The summed E-state index contributed by atoms with van der Waals surface area (Å²) in [5, 5.41) is 6.64. The maximum Gasteiger partial charge on any atom is 0.471 e. The van der Waals surface area contributed by atoms with Gasteiger partial charge in [0.15, 0.2) is 5.82 Å². The fourth-order valence-corrected chi connectivity index (χ4v) is 2.47. The number of alkyl halides is 3. The molecule has 0 spiro atoms. The topological polar surface area (TPSA) is 68.0 Å². The molecule has 0 bridgehead atoms. The van der Waals surface area contributed by atoms with E-state index < -0.39 is 12.1 Å². The van der Waals surface area contributed by atoms with E-state index in [1.165, 1.54) is 18.2 Å². The number of nitrogens with one attached hydrogen (secondary N) is 1. The summed E-state index contributed by atoms with van der Waals surface area (Å²) in [7, 11) is 0. The molecule has 2 aromatic carbocycles. The van der Waals surface area contributed by atoms with Crippen LogP contribution in [0, 0.1) is 0 Å². The minimum Gasteiger partial charge on any atom is -0.329 e. The van der Waals surface area contributed by atoms with Gasteiger partial charge in [-0.15, -0.1) is 0 Å². The van der Waals surface area contributed by atoms with Gasteiger partial charge in [0.25, 0.3) is 5.91 Å². The standard InChI is InChI=1S/C17H10Cl2F3N3O2/c18-12-6-5-11(8-13(12)19)23-15(26)10-3-1-9(2-4-10)7-14-24-16(27-25-14)17(20,21)22/h1-6,8H,7H2,(H,23,26). The van der Waals surface area contributed by atoms with Crippen LogP contribution in [-0.4, -0.2) is 16.0 Å². The Morgan fingerprint density at radius 3 is 2.37 bits per heavy atom. The van der Waals surface area contributed by atoms with E-state index in [9.17, 15) is 18.0 Å². The van der Waals surface area contributed by atoms with Crippen molar-refractivity contribution in [1.29, 1.82) is 0 Å². The average Bonchev–Trinajstić information content (AvgIpc) is 3.08. The van der Waals surface area contributed by atoms with Crippen molar-refractivity contribution < 1.29 is 22.5 Å². The van der Waals surface area contributed by atoms with E-state index in [4.69, 9.17) is 23.2 Å². The van der Waals surface area contributed by atoms with Gasteiger partial charge in [0.1, 0.15) is 0 Å². The molecule has 1 heterocycles. The first-order chi connectivity index (χ1) is 12.7. The van der Waals surface area contributed by atoms with Gasteiger partial charge in [0, 0.05) is 17.7 Å². The van der Waals surface area contributed by atoms with E-state index in [1.807, 2.05) is 0 Å². The van der Waals surface area contributed by atoms with E-state index >= 15 is 0 Å². The highest BCUT2D eigenvalue weighted by atomic mass is 35.5. The Morgan fingerprint density at radius 2 is 1.78 bits per heavy atom. The van der Waals surface area contributed by atoms with Crippen molar-refractivity contribution in [1.82, 2.24) is 10.1 Å². The molecule has 0 saturated carbocycles. The number of rotatable bonds is 4. The van der Waals surface area contributed by atoms with Crippen LogP contribution in [0.2, 0.25) is 10.0 Å². The Kier molecular flexibility index (Phi) is 5.38. The molecule has 3 rings (SSSR count). The normalized spacial score (nSPS) is 11.4. The summed E-state index contributed by atoms with van der Waals surface area (Å²) in [5.74, 6) is -1.87. The summed E-state index contributed by atoms with van der Waals surface area (Å²) in [4.78, 5) is 15.5. The fourth-order valence-electron chi connectivity index (χ4n) is 2.17. The minimum absolute atomic E-state index is 0.0360. The summed E-state index contributed by atoms with van der Waals surface area (Å²) < 4.78 is 41.5. The van der Waals surface area contributed by atoms with Crippen molar-refractivity contribution in [3.8, 4) is 0 Å². The zero-order chi connectivity index (χ0) is 19.6. The highest BCUT2D eigenvalue weighted by Crippen LogP contribution is 2.28. The summed E-state index contributed by atoms with van der Waals surface area (Å²) in [6.45, 7) is 0. The lowest BCUT2D eigenvalue weighted by Crippen LogP contribution is -2.11. The maximum absolute atomic E-state index is 12.5. The van der Waals surface area contributed by atoms with Gasteiger partial charge in [0.05, 0.1) is 10.0 Å². The number of carbonyl (C=O) groups is 1. The quantitative estimate of drug-likeness (QED) is 0.632. The third-order valence-corrected chi connectivity index (χ3v) is 4.21. The van der Waals surface area contributed by atoms with E-state index in [2.05, 4.69) is 20.0 Å². The van der Waals surface area contributed by atoms with E-state index in [0.29, 0.717) is 26.9 Å². The van der Waals surface area contributed by atoms with Gasteiger partial charge < -0.3 is 9.84 Å². The van der Waals surface area contributed by atoms with Crippen LogP contribution >= 0.6 is 23.2 Å². The van der Waals surface area contributed by atoms with Crippen molar-refractivity contribution in [2.45, 2.75) is 12.6 Å². The first-order valence-corrected chi connectivity index (χ1v) is 8.23. The average molecular weight is 416 g/mol. The Hall–Kier alpha value is -2.58. The molecule has 27 heavy (non-hydrogen) atoms. The van der Waals surface area contributed by atoms with E-state index in [-0.39, 0.29) is 18.2 Å². The molecule has 3 aromatic rings. The van der Waals surface area contributed by atoms with Crippen LogP contribution in [0.25, 0.3) is 0 Å². The van der Waals surface area contributed by atoms with Crippen LogP contribution in [0.3, 0.4) is 0 Å². The molecular formula is C17H10Cl2F3N3O2. The molecule has 0 fully saturated rings. The van der Waals surface area contributed by atoms with Gasteiger partial charge >= 0.3 is 12.1 Å². The second-order valence-electron chi connectivity index (χ2n) is 5.47. The lowest BCUT2D eigenvalue weighted by Gasteiger charge is -2.07. The molecule has 0 radical (unpaired) electrons. The van der Waals surface area contributed by atoms with Crippen LogP contribution in [-0.2, 0) is 12.6 Å². The first-order valence-electron chi connectivity index (χ1n) is 7.47. The van der Waals surface area contributed by atoms with Crippen LogP contribution < -0.4 is 5.32 Å². The molecule has 10 heteroatoms. The Balaban J connectivity index is 1.66. The van der Waals surface area contributed by atoms with Gasteiger partial charge in [-0.05, 0) is 35.9 Å². The number of benzene rings is 2. The predicted molar refractivity (Wildman–Crippen MR) is 93.0 cm³/mol. The highest BCUT2D eigenvalue weighted by Gasteiger charge is 2.38. The minimum atomic E-state index is -4.68. The third kappa shape index (κ3) is 4.78. The van der Waals surface area contributed by atoms with Gasteiger partial charge in [-0.1, -0.05) is 40.5 Å². The van der Waals surface area contributed by atoms with Gasteiger partial charge in [-0.2, -0.15) is 18.2 Å². The fraction of sp³-hybridized carbons (Fsp3) is 0.118. The van der Waals surface area contributed by atoms with Gasteiger partial charge in [-0.3, -0.25) is 4.79 Å². The van der Waals surface area contributed by atoms with Gasteiger partial charge in [0.2, 0.25) is 0 Å². The number of amides is 1. The molecule has 0 saturated heterocycles. The lowest BCUT2D eigenvalue weighted by atomic mass is 10.1. The first kappa shape index (κ1) is 19.2. The highest BCUT2D eigenvalue weighted by molar-refractivity contribution is 6.42. The molecule has 0 aliphatic heterocycles. The zero-order valence-electron chi connectivity index (χ0n) is 13.3. The number of aromatic nitrogens is 2. The molecular weight excluding hydrogens is 406 g/mol. The SMILES string of the molecule is O=C(Nc1ccc(Cl)c(Cl)c1)c1ccc(Cc2noc(C(F)(F)F)n2)cc1. The second-order valence-corrected chi connectivity index (χ2v) is 6.28. The largest absolute Gasteiger partial charge is 0.471 e. The molecule has 1 N–H and O–H groups in total.